The average Bonchev–Trinajstić information content (AvgIpc) is 3.26. The summed E-state index contributed by atoms with van der Waals surface area (Å²) in [4.78, 5) is 25.3. The van der Waals surface area contributed by atoms with Crippen LogP contribution in [-0.4, -0.2) is 17.5 Å². The van der Waals surface area contributed by atoms with Crippen molar-refractivity contribution in [3.05, 3.63) is 87.6 Å². The Labute approximate surface area is 180 Å². The van der Waals surface area contributed by atoms with Gasteiger partial charge in [-0.2, -0.15) is 5.10 Å². The molecule has 0 aliphatic rings. The van der Waals surface area contributed by atoms with Crippen LogP contribution in [-0.2, 0) is 5.41 Å². The standard InChI is InChI=1S/C24H25N3O2S/c1-16(26-27-22(28)17-10-12-19(13-11-17)24(2,3)4)18-7-5-8-20(15-18)25-23(29)21-9-6-14-30-21/h5-15H,1-4H3,(H,25,29)(H,27,28)/b26-16+. The maximum Gasteiger partial charge on any atom is 0.271 e. The maximum atomic E-state index is 12.4. The third kappa shape index (κ3) is 5.42. The summed E-state index contributed by atoms with van der Waals surface area (Å²) in [5.74, 6) is -0.416. The monoisotopic (exact) mass is 419 g/mol. The first-order chi connectivity index (χ1) is 14.2. The van der Waals surface area contributed by atoms with Crippen molar-refractivity contribution in [3.8, 4) is 0 Å². The third-order valence-corrected chi connectivity index (χ3v) is 5.49. The first kappa shape index (κ1) is 21.5. The van der Waals surface area contributed by atoms with E-state index in [2.05, 4.69) is 36.6 Å². The highest BCUT2D eigenvalue weighted by atomic mass is 32.1. The smallest absolute Gasteiger partial charge is 0.271 e. The van der Waals surface area contributed by atoms with E-state index in [1.165, 1.54) is 16.9 Å². The zero-order valence-corrected chi connectivity index (χ0v) is 18.3. The average molecular weight is 420 g/mol. The SMILES string of the molecule is C/C(=N\NC(=O)c1ccc(C(C)(C)C)cc1)c1cccc(NC(=O)c2cccs2)c1. The second-order valence-electron chi connectivity index (χ2n) is 7.98. The van der Waals surface area contributed by atoms with Gasteiger partial charge in [0.25, 0.3) is 11.8 Å². The summed E-state index contributed by atoms with van der Waals surface area (Å²) in [5.41, 5.74) is 6.48. The molecule has 5 nitrogen and oxygen atoms in total. The first-order valence-electron chi connectivity index (χ1n) is 9.64. The Kier molecular flexibility index (Phi) is 6.47. The van der Waals surface area contributed by atoms with Gasteiger partial charge < -0.3 is 5.32 Å². The Balaban J connectivity index is 1.66. The van der Waals surface area contributed by atoms with E-state index in [0.717, 1.165) is 5.56 Å². The van der Waals surface area contributed by atoms with Gasteiger partial charge in [0.2, 0.25) is 0 Å². The number of anilines is 1. The van der Waals surface area contributed by atoms with E-state index < -0.39 is 0 Å². The fraction of sp³-hybridized carbons (Fsp3) is 0.208. The molecule has 0 bridgehead atoms. The van der Waals surface area contributed by atoms with Crippen LogP contribution in [0.3, 0.4) is 0 Å². The molecule has 3 rings (SSSR count). The molecule has 0 radical (unpaired) electrons. The van der Waals surface area contributed by atoms with Crippen molar-refractivity contribution in [2.75, 3.05) is 5.32 Å². The molecule has 2 amide bonds. The molecule has 1 heterocycles. The molecule has 3 aromatic rings. The molecular formula is C24H25N3O2S. The summed E-state index contributed by atoms with van der Waals surface area (Å²) < 4.78 is 0. The summed E-state index contributed by atoms with van der Waals surface area (Å²) in [6.45, 7) is 8.20. The molecule has 0 saturated heterocycles. The van der Waals surface area contributed by atoms with Gasteiger partial charge in [-0.15, -0.1) is 11.3 Å². The minimum absolute atomic E-state index is 0.0354. The van der Waals surface area contributed by atoms with Crippen LogP contribution in [0.25, 0.3) is 0 Å². The minimum Gasteiger partial charge on any atom is -0.321 e. The van der Waals surface area contributed by atoms with Gasteiger partial charge in [0, 0.05) is 11.3 Å². The van der Waals surface area contributed by atoms with Crippen molar-refractivity contribution in [1.82, 2.24) is 5.43 Å². The van der Waals surface area contributed by atoms with E-state index in [9.17, 15) is 9.59 Å². The molecule has 2 N–H and O–H groups in total. The Bertz CT molecular complexity index is 1060. The van der Waals surface area contributed by atoms with Crippen molar-refractivity contribution < 1.29 is 9.59 Å². The Morgan fingerprint density at radius 1 is 0.900 bits per heavy atom. The second kappa shape index (κ2) is 9.05. The lowest BCUT2D eigenvalue weighted by Gasteiger charge is -2.18. The van der Waals surface area contributed by atoms with Crippen LogP contribution in [0.2, 0.25) is 0 Å². The van der Waals surface area contributed by atoms with Gasteiger partial charge in [-0.1, -0.05) is 51.1 Å². The molecule has 0 aliphatic carbocycles. The molecule has 2 aromatic carbocycles. The van der Waals surface area contributed by atoms with E-state index in [1.807, 2.05) is 66.9 Å². The Morgan fingerprint density at radius 3 is 2.27 bits per heavy atom. The van der Waals surface area contributed by atoms with E-state index >= 15 is 0 Å². The van der Waals surface area contributed by atoms with Crippen LogP contribution < -0.4 is 10.7 Å². The van der Waals surface area contributed by atoms with E-state index in [-0.39, 0.29) is 17.2 Å². The van der Waals surface area contributed by atoms with Crippen molar-refractivity contribution >= 4 is 34.6 Å². The highest BCUT2D eigenvalue weighted by Gasteiger charge is 2.14. The zero-order valence-electron chi connectivity index (χ0n) is 17.5. The highest BCUT2D eigenvalue weighted by molar-refractivity contribution is 7.12. The fourth-order valence-electron chi connectivity index (χ4n) is 2.81. The van der Waals surface area contributed by atoms with Gasteiger partial charge in [0.1, 0.15) is 0 Å². The number of hydrogen-bond donors (Lipinski definition) is 2. The van der Waals surface area contributed by atoms with Gasteiger partial charge in [0.05, 0.1) is 10.6 Å². The normalized spacial score (nSPS) is 11.8. The van der Waals surface area contributed by atoms with Crippen LogP contribution >= 0.6 is 11.3 Å². The predicted molar refractivity (Wildman–Crippen MR) is 124 cm³/mol. The number of rotatable bonds is 5. The van der Waals surface area contributed by atoms with Crippen molar-refractivity contribution in [2.24, 2.45) is 5.10 Å². The quantitative estimate of drug-likeness (QED) is 0.426. The number of hydrogen-bond acceptors (Lipinski definition) is 4. The van der Waals surface area contributed by atoms with Crippen LogP contribution in [0.1, 0.15) is 58.9 Å². The van der Waals surface area contributed by atoms with Crippen LogP contribution in [0.15, 0.2) is 71.1 Å². The maximum absolute atomic E-state index is 12.4. The number of nitrogens with one attached hydrogen (secondary N) is 2. The van der Waals surface area contributed by atoms with Crippen LogP contribution in [0, 0.1) is 0 Å². The summed E-state index contributed by atoms with van der Waals surface area (Å²) in [6, 6.07) is 18.5. The minimum atomic E-state index is -0.267. The summed E-state index contributed by atoms with van der Waals surface area (Å²) in [6.07, 6.45) is 0. The lowest BCUT2D eigenvalue weighted by molar-refractivity contribution is 0.0954. The molecule has 0 atom stereocenters. The number of carbonyl (C=O) groups is 2. The number of amides is 2. The fourth-order valence-corrected chi connectivity index (χ4v) is 3.43. The van der Waals surface area contributed by atoms with Crippen molar-refractivity contribution in [1.29, 1.82) is 0 Å². The van der Waals surface area contributed by atoms with Gasteiger partial charge in [0.15, 0.2) is 0 Å². The van der Waals surface area contributed by atoms with Gasteiger partial charge in [-0.3, -0.25) is 9.59 Å². The van der Waals surface area contributed by atoms with Crippen LogP contribution in [0.4, 0.5) is 5.69 Å². The van der Waals surface area contributed by atoms with E-state index in [1.54, 1.807) is 6.07 Å². The van der Waals surface area contributed by atoms with Crippen molar-refractivity contribution in [2.45, 2.75) is 33.1 Å². The number of benzene rings is 2. The molecule has 0 spiro atoms. The van der Waals surface area contributed by atoms with E-state index in [4.69, 9.17) is 0 Å². The molecule has 1 aromatic heterocycles. The van der Waals surface area contributed by atoms with Gasteiger partial charge in [-0.25, -0.2) is 5.43 Å². The second-order valence-corrected chi connectivity index (χ2v) is 8.93. The van der Waals surface area contributed by atoms with Gasteiger partial charge >= 0.3 is 0 Å². The Hall–Kier alpha value is -3.25. The lowest BCUT2D eigenvalue weighted by atomic mass is 9.87. The number of hydrazone groups is 1. The molecule has 154 valence electrons. The molecule has 0 fully saturated rings. The highest BCUT2D eigenvalue weighted by Crippen LogP contribution is 2.22. The number of nitrogens with zero attached hydrogens (tertiary/aromatic N) is 1. The molecule has 6 heteroatoms. The zero-order chi connectivity index (χ0) is 21.7. The summed E-state index contributed by atoms with van der Waals surface area (Å²) in [7, 11) is 0. The van der Waals surface area contributed by atoms with Crippen molar-refractivity contribution in [3.63, 3.8) is 0 Å². The molecular weight excluding hydrogens is 394 g/mol. The van der Waals surface area contributed by atoms with E-state index in [0.29, 0.717) is 21.8 Å². The largest absolute Gasteiger partial charge is 0.321 e. The Morgan fingerprint density at radius 2 is 1.63 bits per heavy atom. The molecule has 0 saturated carbocycles. The molecule has 0 aliphatic heterocycles. The lowest BCUT2D eigenvalue weighted by Crippen LogP contribution is -2.20. The number of thiophene rings is 1. The molecule has 0 unspecified atom stereocenters. The number of carbonyl (C=O) groups excluding carboxylic acids is 2. The third-order valence-electron chi connectivity index (χ3n) is 4.62. The first-order valence-corrected chi connectivity index (χ1v) is 10.5. The van der Waals surface area contributed by atoms with Crippen LogP contribution in [0.5, 0.6) is 0 Å². The molecule has 30 heavy (non-hydrogen) atoms. The topological polar surface area (TPSA) is 70.6 Å². The summed E-state index contributed by atoms with van der Waals surface area (Å²) >= 11 is 1.39. The van der Waals surface area contributed by atoms with Gasteiger partial charge in [-0.05, 0) is 59.2 Å². The predicted octanol–water partition coefficient (Wildman–Crippen LogP) is 5.45. The summed E-state index contributed by atoms with van der Waals surface area (Å²) in [5, 5.41) is 8.96.